The number of benzene rings is 1. The first-order valence-corrected chi connectivity index (χ1v) is 7.10. The maximum atomic E-state index is 9.04. The summed E-state index contributed by atoms with van der Waals surface area (Å²) >= 11 is 0. The SMILES string of the molecule is CCOc1nc(Nc2ccc(-c3cnco3)cc2)ccc1C#N. The van der Waals surface area contributed by atoms with Gasteiger partial charge >= 0.3 is 0 Å². The molecular weight excluding hydrogens is 292 g/mol. The molecule has 1 N–H and O–H groups in total. The number of hydrogen-bond acceptors (Lipinski definition) is 6. The Morgan fingerprint density at radius 1 is 1.22 bits per heavy atom. The molecule has 23 heavy (non-hydrogen) atoms. The third-order valence-corrected chi connectivity index (χ3v) is 3.14. The molecule has 0 aliphatic rings. The maximum absolute atomic E-state index is 9.04. The number of nitrogens with one attached hydrogen (secondary N) is 1. The predicted octanol–water partition coefficient (Wildman–Crippen LogP) is 3.75. The van der Waals surface area contributed by atoms with E-state index in [1.807, 2.05) is 31.2 Å². The summed E-state index contributed by atoms with van der Waals surface area (Å²) in [5.41, 5.74) is 2.22. The molecule has 0 fully saturated rings. The topological polar surface area (TPSA) is 84.0 Å². The number of oxazole rings is 1. The van der Waals surface area contributed by atoms with Gasteiger partial charge in [-0.2, -0.15) is 10.2 Å². The minimum atomic E-state index is 0.332. The highest BCUT2D eigenvalue weighted by Gasteiger charge is 2.07. The number of nitrogens with zero attached hydrogens (tertiary/aromatic N) is 3. The lowest BCUT2D eigenvalue weighted by atomic mass is 10.1. The van der Waals surface area contributed by atoms with Gasteiger partial charge in [-0.3, -0.25) is 0 Å². The Balaban J connectivity index is 1.79. The molecule has 2 heterocycles. The Morgan fingerprint density at radius 3 is 2.70 bits per heavy atom. The van der Waals surface area contributed by atoms with Gasteiger partial charge in [0.05, 0.1) is 12.8 Å². The second kappa shape index (κ2) is 6.62. The van der Waals surface area contributed by atoms with Crippen LogP contribution in [0.15, 0.2) is 53.4 Å². The predicted molar refractivity (Wildman–Crippen MR) is 85.3 cm³/mol. The smallest absolute Gasteiger partial charge is 0.233 e. The first-order valence-electron chi connectivity index (χ1n) is 7.10. The van der Waals surface area contributed by atoms with Crippen LogP contribution in [0.5, 0.6) is 5.88 Å². The van der Waals surface area contributed by atoms with Crippen LogP contribution in [0.25, 0.3) is 11.3 Å². The number of anilines is 2. The van der Waals surface area contributed by atoms with Crippen LogP contribution < -0.4 is 10.1 Å². The quantitative estimate of drug-likeness (QED) is 0.772. The third-order valence-electron chi connectivity index (χ3n) is 3.14. The fraction of sp³-hybridized carbons (Fsp3) is 0.118. The summed E-state index contributed by atoms with van der Waals surface area (Å²) in [6.45, 7) is 2.31. The molecule has 0 bridgehead atoms. The third kappa shape index (κ3) is 3.30. The van der Waals surface area contributed by atoms with Gasteiger partial charge in [-0.25, -0.2) is 4.98 Å². The highest BCUT2D eigenvalue weighted by molar-refractivity contribution is 5.64. The Labute approximate surface area is 133 Å². The molecular formula is C17H14N4O2. The molecule has 3 rings (SSSR count). The van der Waals surface area contributed by atoms with Crippen LogP contribution in [0.1, 0.15) is 12.5 Å². The van der Waals surface area contributed by atoms with Crippen molar-refractivity contribution in [2.24, 2.45) is 0 Å². The monoisotopic (exact) mass is 306 g/mol. The Kier molecular flexibility index (Phi) is 4.20. The highest BCUT2D eigenvalue weighted by atomic mass is 16.5. The van der Waals surface area contributed by atoms with Crippen molar-refractivity contribution >= 4 is 11.5 Å². The van der Waals surface area contributed by atoms with E-state index in [0.717, 1.165) is 11.3 Å². The second-order valence-corrected chi connectivity index (χ2v) is 4.66. The fourth-order valence-corrected chi connectivity index (χ4v) is 2.07. The van der Waals surface area contributed by atoms with Gasteiger partial charge < -0.3 is 14.5 Å². The second-order valence-electron chi connectivity index (χ2n) is 4.66. The lowest BCUT2D eigenvalue weighted by Crippen LogP contribution is -2.00. The fourth-order valence-electron chi connectivity index (χ4n) is 2.07. The summed E-state index contributed by atoms with van der Waals surface area (Å²) in [7, 11) is 0. The molecule has 6 heteroatoms. The van der Waals surface area contributed by atoms with E-state index in [4.69, 9.17) is 14.4 Å². The summed E-state index contributed by atoms with van der Waals surface area (Å²) < 4.78 is 10.6. The molecule has 3 aromatic rings. The molecule has 1 aromatic carbocycles. The number of rotatable bonds is 5. The van der Waals surface area contributed by atoms with E-state index in [-0.39, 0.29) is 0 Å². The molecule has 0 amide bonds. The van der Waals surface area contributed by atoms with Gasteiger partial charge in [0.1, 0.15) is 17.5 Å². The van der Waals surface area contributed by atoms with Gasteiger partial charge in [0.25, 0.3) is 0 Å². The molecule has 0 saturated carbocycles. The minimum Gasteiger partial charge on any atom is -0.477 e. The normalized spacial score (nSPS) is 10.1. The van der Waals surface area contributed by atoms with Gasteiger partial charge in [-0.1, -0.05) is 0 Å². The lowest BCUT2D eigenvalue weighted by Gasteiger charge is -2.09. The summed E-state index contributed by atoms with van der Waals surface area (Å²) in [6.07, 6.45) is 3.07. The average molecular weight is 306 g/mol. The van der Waals surface area contributed by atoms with Crippen molar-refractivity contribution in [2.75, 3.05) is 11.9 Å². The molecule has 0 saturated heterocycles. The van der Waals surface area contributed by atoms with E-state index in [0.29, 0.717) is 29.6 Å². The van der Waals surface area contributed by atoms with Gasteiger partial charge in [-0.15, -0.1) is 0 Å². The molecule has 6 nitrogen and oxygen atoms in total. The van der Waals surface area contributed by atoms with Crippen molar-refractivity contribution in [3.05, 3.63) is 54.6 Å². The van der Waals surface area contributed by atoms with E-state index in [1.165, 1.54) is 6.39 Å². The molecule has 0 aliphatic heterocycles. The van der Waals surface area contributed by atoms with Crippen LogP contribution in [0, 0.1) is 11.3 Å². The average Bonchev–Trinajstić information content (AvgIpc) is 3.11. The maximum Gasteiger partial charge on any atom is 0.233 e. The van der Waals surface area contributed by atoms with E-state index < -0.39 is 0 Å². The molecule has 114 valence electrons. The van der Waals surface area contributed by atoms with Crippen LogP contribution in [0.2, 0.25) is 0 Å². The summed E-state index contributed by atoms with van der Waals surface area (Å²) in [6, 6.07) is 13.2. The van der Waals surface area contributed by atoms with Crippen LogP contribution in [0.3, 0.4) is 0 Å². The molecule has 0 spiro atoms. The minimum absolute atomic E-state index is 0.332. The Hall–Kier alpha value is -3.33. The van der Waals surface area contributed by atoms with Crippen LogP contribution in [0.4, 0.5) is 11.5 Å². The van der Waals surface area contributed by atoms with Crippen molar-refractivity contribution in [1.29, 1.82) is 5.26 Å². The van der Waals surface area contributed by atoms with Gasteiger partial charge in [-0.05, 0) is 43.3 Å². The van der Waals surface area contributed by atoms with E-state index in [9.17, 15) is 0 Å². The van der Waals surface area contributed by atoms with Gasteiger partial charge in [0.15, 0.2) is 12.2 Å². The van der Waals surface area contributed by atoms with E-state index >= 15 is 0 Å². The van der Waals surface area contributed by atoms with Crippen LogP contribution >= 0.6 is 0 Å². The zero-order chi connectivity index (χ0) is 16.1. The number of nitriles is 1. The number of ether oxygens (including phenoxy) is 1. The van der Waals surface area contributed by atoms with E-state index in [1.54, 1.807) is 18.3 Å². The highest BCUT2D eigenvalue weighted by Crippen LogP contribution is 2.24. The Morgan fingerprint density at radius 2 is 2.04 bits per heavy atom. The standard InChI is InChI=1S/C17H14N4O2/c1-2-22-17-13(9-18)5-8-16(21-17)20-14-6-3-12(4-7-14)15-10-19-11-23-15/h3-8,10-11H,2H2,1H3,(H,20,21). The molecule has 2 aromatic heterocycles. The van der Waals surface area contributed by atoms with Crippen LogP contribution in [-0.2, 0) is 0 Å². The van der Waals surface area contributed by atoms with Crippen molar-refractivity contribution < 1.29 is 9.15 Å². The number of pyridine rings is 1. The van der Waals surface area contributed by atoms with E-state index in [2.05, 4.69) is 21.4 Å². The summed E-state index contributed by atoms with van der Waals surface area (Å²) in [5.74, 6) is 1.66. The van der Waals surface area contributed by atoms with Gasteiger partial charge in [0, 0.05) is 11.3 Å². The summed E-state index contributed by atoms with van der Waals surface area (Å²) in [4.78, 5) is 8.22. The van der Waals surface area contributed by atoms with Crippen molar-refractivity contribution in [1.82, 2.24) is 9.97 Å². The molecule has 0 aliphatic carbocycles. The summed E-state index contributed by atoms with van der Waals surface area (Å²) in [5, 5.41) is 12.2. The van der Waals surface area contributed by atoms with Crippen molar-refractivity contribution in [2.45, 2.75) is 6.92 Å². The zero-order valence-electron chi connectivity index (χ0n) is 12.5. The zero-order valence-corrected chi connectivity index (χ0v) is 12.5. The first-order chi connectivity index (χ1) is 11.3. The lowest BCUT2D eigenvalue weighted by molar-refractivity contribution is 0.326. The van der Waals surface area contributed by atoms with Crippen molar-refractivity contribution in [3.63, 3.8) is 0 Å². The molecule has 0 atom stereocenters. The van der Waals surface area contributed by atoms with Gasteiger partial charge in [0.2, 0.25) is 5.88 Å². The molecule has 0 radical (unpaired) electrons. The molecule has 0 unspecified atom stereocenters. The number of hydrogen-bond donors (Lipinski definition) is 1. The Bertz CT molecular complexity index is 821. The first kappa shape index (κ1) is 14.6. The van der Waals surface area contributed by atoms with Crippen LogP contribution in [-0.4, -0.2) is 16.6 Å². The van der Waals surface area contributed by atoms with Crippen molar-refractivity contribution in [3.8, 4) is 23.3 Å². The largest absolute Gasteiger partial charge is 0.477 e. The number of aromatic nitrogens is 2.